The van der Waals surface area contributed by atoms with Gasteiger partial charge in [0.15, 0.2) is 0 Å². The zero-order valence-electron chi connectivity index (χ0n) is 13.1. The van der Waals surface area contributed by atoms with E-state index in [1.165, 1.54) is 34.1 Å². The van der Waals surface area contributed by atoms with Gasteiger partial charge < -0.3 is 10.2 Å². The van der Waals surface area contributed by atoms with E-state index in [4.69, 9.17) is 10.2 Å². The van der Waals surface area contributed by atoms with Gasteiger partial charge in [0.2, 0.25) is 0 Å². The number of hydrogen-bond donors (Lipinski definition) is 2. The molecule has 0 aliphatic carbocycles. The second-order valence-electron chi connectivity index (χ2n) is 5.33. The van der Waals surface area contributed by atoms with E-state index >= 15 is 0 Å². The van der Waals surface area contributed by atoms with Crippen LogP contribution in [0.4, 0.5) is 0 Å². The first-order valence-electron chi connectivity index (χ1n) is 7.76. The molecule has 128 valence electrons. The Morgan fingerprint density at radius 1 is 0.542 bits per heavy atom. The predicted molar refractivity (Wildman–Crippen MR) is 112 cm³/mol. The highest BCUT2D eigenvalue weighted by molar-refractivity contribution is 8.19. The summed E-state index contributed by atoms with van der Waals surface area (Å²) in [7, 11) is 0. The molecule has 2 saturated heterocycles. The molecule has 0 amide bonds. The first kappa shape index (κ1) is 18.2. The third-order valence-corrected chi connectivity index (χ3v) is 9.78. The highest BCUT2D eigenvalue weighted by Gasteiger charge is 2.18. The maximum Gasteiger partial charge on any atom is 0.115 e. The third kappa shape index (κ3) is 5.22. The number of rotatable bonds is 2. The topological polar surface area (TPSA) is 40.5 Å². The Morgan fingerprint density at radius 2 is 0.833 bits per heavy atom. The van der Waals surface area contributed by atoms with Gasteiger partial charge in [-0.3, -0.25) is 0 Å². The van der Waals surface area contributed by atoms with Crippen LogP contribution in [0, 0.1) is 0 Å². The van der Waals surface area contributed by atoms with E-state index < -0.39 is 0 Å². The molecule has 2 aromatic rings. The van der Waals surface area contributed by atoms with E-state index in [0.717, 1.165) is 0 Å². The number of phenols is 2. The molecule has 2 aliphatic heterocycles. The molecule has 0 saturated carbocycles. The van der Waals surface area contributed by atoms with E-state index in [1.54, 1.807) is 24.3 Å². The largest absolute Gasteiger partial charge is 0.508 e. The van der Waals surface area contributed by atoms with E-state index in [0.29, 0.717) is 20.7 Å². The van der Waals surface area contributed by atoms with Gasteiger partial charge in [-0.1, -0.05) is 24.3 Å². The first-order valence-corrected chi connectivity index (χ1v) is 12.0. The van der Waals surface area contributed by atoms with Gasteiger partial charge in [0, 0.05) is 23.0 Å². The standard InChI is InChI=1S/2C9H10OS2/c2*10-8-3-1-7(2-4-8)9-11-5-6-12-9/h2*1-4,9-10H,5-6H2. The van der Waals surface area contributed by atoms with Crippen molar-refractivity contribution >= 4 is 47.0 Å². The van der Waals surface area contributed by atoms with Crippen LogP contribution in [0.2, 0.25) is 0 Å². The lowest BCUT2D eigenvalue weighted by atomic mass is 10.2. The highest BCUT2D eigenvalue weighted by atomic mass is 32.2. The third-order valence-electron chi connectivity index (χ3n) is 3.57. The summed E-state index contributed by atoms with van der Waals surface area (Å²) in [4.78, 5) is 0. The SMILES string of the molecule is Oc1ccc(C2SCCS2)cc1.Oc1ccc(C2SCCS2)cc1. The van der Waals surface area contributed by atoms with E-state index in [2.05, 4.69) is 0 Å². The molecule has 4 rings (SSSR count). The van der Waals surface area contributed by atoms with Gasteiger partial charge >= 0.3 is 0 Å². The monoisotopic (exact) mass is 396 g/mol. The van der Waals surface area contributed by atoms with E-state index in [9.17, 15) is 0 Å². The van der Waals surface area contributed by atoms with Crippen molar-refractivity contribution in [3.63, 3.8) is 0 Å². The Labute approximate surface area is 160 Å². The first-order chi connectivity index (χ1) is 11.7. The Hall–Kier alpha value is -0.560. The van der Waals surface area contributed by atoms with Gasteiger partial charge in [0.25, 0.3) is 0 Å². The summed E-state index contributed by atoms with van der Waals surface area (Å²) in [6, 6.07) is 15.1. The van der Waals surface area contributed by atoms with Crippen LogP contribution in [0.15, 0.2) is 48.5 Å². The maximum atomic E-state index is 9.09. The van der Waals surface area contributed by atoms with Crippen molar-refractivity contribution in [2.24, 2.45) is 0 Å². The molecular formula is C18H20O2S4. The van der Waals surface area contributed by atoms with Crippen LogP contribution < -0.4 is 0 Å². The normalized spacial score (nSPS) is 18.3. The Kier molecular flexibility index (Phi) is 7.01. The Morgan fingerprint density at radius 3 is 1.12 bits per heavy atom. The molecule has 2 N–H and O–H groups in total. The molecule has 0 spiro atoms. The second kappa shape index (κ2) is 9.22. The van der Waals surface area contributed by atoms with Crippen LogP contribution in [0.25, 0.3) is 0 Å². The Balaban J connectivity index is 0.000000141. The average Bonchev–Trinajstić information content (AvgIpc) is 3.31. The van der Waals surface area contributed by atoms with Crippen LogP contribution in [-0.2, 0) is 0 Å². The fourth-order valence-electron chi connectivity index (χ4n) is 2.36. The van der Waals surface area contributed by atoms with Crippen LogP contribution in [0.3, 0.4) is 0 Å². The summed E-state index contributed by atoms with van der Waals surface area (Å²) in [6.07, 6.45) is 0. The lowest BCUT2D eigenvalue weighted by Crippen LogP contribution is -1.82. The quantitative estimate of drug-likeness (QED) is 0.674. The summed E-state index contributed by atoms with van der Waals surface area (Å²) in [6.45, 7) is 0. The summed E-state index contributed by atoms with van der Waals surface area (Å²) in [5.74, 6) is 5.69. The zero-order chi connectivity index (χ0) is 16.8. The van der Waals surface area contributed by atoms with Gasteiger partial charge in [0.05, 0.1) is 9.16 Å². The maximum absolute atomic E-state index is 9.09. The Bertz CT molecular complexity index is 561. The highest BCUT2D eigenvalue weighted by Crippen LogP contribution is 2.46. The molecule has 0 unspecified atom stereocenters. The van der Waals surface area contributed by atoms with Crippen LogP contribution >= 0.6 is 47.0 Å². The van der Waals surface area contributed by atoms with Crippen molar-refractivity contribution in [3.8, 4) is 11.5 Å². The van der Waals surface area contributed by atoms with Crippen molar-refractivity contribution < 1.29 is 10.2 Å². The summed E-state index contributed by atoms with van der Waals surface area (Å²) >= 11 is 7.93. The lowest BCUT2D eigenvalue weighted by Gasteiger charge is -2.07. The summed E-state index contributed by atoms with van der Waals surface area (Å²) in [5, 5.41) is 18.2. The molecule has 0 aromatic heterocycles. The number of benzene rings is 2. The fraction of sp³-hybridized carbons (Fsp3) is 0.333. The van der Waals surface area contributed by atoms with Crippen LogP contribution in [-0.4, -0.2) is 33.2 Å². The molecule has 2 heterocycles. The van der Waals surface area contributed by atoms with Crippen LogP contribution in [0.1, 0.15) is 20.3 Å². The number of aromatic hydroxyl groups is 2. The second-order valence-corrected chi connectivity index (χ2v) is 10.8. The average molecular weight is 397 g/mol. The minimum absolute atomic E-state index is 0.353. The molecule has 2 aliphatic rings. The van der Waals surface area contributed by atoms with Crippen molar-refractivity contribution in [1.29, 1.82) is 0 Å². The van der Waals surface area contributed by atoms with Gasteiger partial charge in [-0.25, -0.2) is 0 Å². The van der Waals surface area contributed by atoms with Gasteiger partial charge in [-0.05, 0) is 35.4 Å². The van der Waals surface area contributed by atoms with Crippen molar-refractivity contribution in [3.05, 3.63) is 59.7 Å². The van der Waals surface area contributed by atoms with Gasteiger partial charge in [0.1, 0.15) is 11.5 Å². The predicted octanol–water partition coefficient (Wildman–Crippen LogP) is 5.74. The van der Waals surface area contributed by atoms with Crippen LogP contribution in [0.5, 0.6) is 11.5 Å². The lowest BCUT2D eigenvalue weighted by molar-refractivity contribution is 0.474. The molecule has 2 aromatic carbocycles. The molecular weight excluding hydrogens is 376 g/mol. The number of hydrogen-bond acceptors (Lipinski definition) is 6. The number of phenolic OH excluding ortho intramolecular Hbond substituents is 2. The van der Waals surface area contributed by atoms with Crippen molar-refractivity contribution in [2.75, 3.05) is 23.0 Å². The van der Waals surface area contributed by atoms with Gasteiger partial charge in [-0.15, -0.1) is 47.0 Å². The zero-order valence-corrected chi connectivity index (χ0v) is 16.4. The van der Waals surface area contributed by atoms with E-state index in [-0.39, 0.29) is 0 Å². The van der Waals surface area contributed by atoms with Crippen molar-refractivity contribution in [1.82, 2.24) is 0 Å². The van der Waals surface area contributed by atoms with E-state index in [1.807, 2.05) is 71.3 Å². The molecule has 24 heavy (non-hydrogen) atoms. The molecule has 0 radical (unpaired) electrons. The number of thioether (sulfide) groups is 4. The molecule has 0 bridgehead atoms. The molecule has 6 heteroatoms. The minimum Gasteiger partial charge on any atom is -0.508 e. The molecule has 2 fully saturated rings. The van der Waals surface area contributed by atoms with Gasteiger partial charge in [-0.2, -0.15) is 0 Å². The smallest absolute Gasteiger partial charge is 0.115 e. The summed E-state index contributed by atoms with van der Waals surface area (Å²) < 4.78 is 1.18. The minimum atomic E-state index is 0.353. The fourth-order valence-corrected chi connectivity index (χ4v) is 8.08. The summed E-state index contributed by atoms with van der Waals surface area (Å²) in [5.41, 5.74) is 2.64. The van der Waals surface area contributed by atoms with Crippen molar-refractivity contribution in [2.45, 2.75) is 9.16 Å². The molecule has 2 nitrogen and oxygen atoms in total. The molecule has 0 atom stereocenters.